The molecule has 100 valence electrons. The minimum Gasteiger partial charge on any atom is -0.467 e. The average Bonchev–Trinajstić information content (AvgIpc) is 2.30. The quantitative estimate of drug-likeness (QED) is 0.677. The van der Waals surface area contributed by atoms with E-state index >= 15 is 0 Å². The van der Waals surface area contributed by atoms with E-state index in [2.05, 4.69) is 23.9 Å². The number of esters is 1. The molecule has 0 heterocycles. The van der Waals surface area contributed by atoms with E-state index in [4.69, 9.17) is 0 Å². The van der Waals surface area contributed by atoms with Crippen molar-refractivity contribution >= 4 is 23.6 Å². The van der Waals surface area contributed by atoms with E-state index in [1.165, 1.54) is 7.11 Å². The predicted molar refractivity (Wildman–Crippen MR) is 71.0 cm³/mol. The highest BCUT2D eigenvalue weighted by Crippen LogP contribution is 2.06. The number of carbonyl (C=O) groups excluding carboxylic acids is 2. The number of methoxy groups -OCH3 is 1. The lowest BCUT2D eigenvalue weighted by atomic mass is 10.1. The third-order valence-corrected chi connectivity index (χ3v) is 3.02. The maximum Gasteiger partial charge on any atom is 0.328 e. The van der Waals surface area contributed by atoms with Crippen molar-refractivity contribution in [3.05, 3.63) is 0 Å². The van der Waals surface area contributed by atoms with Crippen LogP contribution in [0.3, 0.4) is 0 Å². The summed E-state index contributed by atoms with van der Waals surface area (Å²) in [4.78, 5) is 23.1. The third kappa shape index (κ3) is 8.07. The second-order valence-electron chi connectivity index (χ2n) is 4.36. The van der Waals surface area contributed by atoms with Crippen molar-refractivity contribution in [2.24, 2.45) is 5.92 Å². The van der Waals surface area contributed by atoms with Crippen LogP contribution in [0, 0.1) is 5.92 Å². The van der Waals surface area contributed by atoms with Gasteiger partial charge in [-0.05, 0) is 30.8 Å². The van der Waals surface area contributed by atoms with Crippen molar-refractivity contribution in [2.45, 2.75) is 39.2 Å². The van der Waals surface area contributed by atoms with Gasteiger partial charge in [0.1, 0.15) is 6.04 Å². The standard InChI is InChI=1S/C12H23NO3S/c1-9(2)5-6-11(14)13-10(7-8-17-4)12(15)16-3/h9-10H,5-8H2,1-4H3,(H,13,14)/t10-/m0/s1. The number of rotatable bonds is 8. The molecular weight excluding hydrogens is 238 g/mol. The van der Waals surface area contributed by atoms with Gasteiger partial charge in [0.2, 0.25) is 5.91 Å². The molecule has 0 rings (SSSR count). The van der Waals surface area contributed by atoms with Gasteiger partial charge in [-0.1, -0.05) is 13.8 Å². The summed E-state index contributed by atoms with van der Waals surface area (Å²) < 4.78 is 4.67. The minimum absolute atomic E-state index is 0.0739. The van der Waals surface area contributed by atoms with E-state index < -0.39 is 6.04 Å². The van der Waals surface area contributed by atoms with Crippen LogP contribution < -0.4 is 5.32 Å². The van der Waals surface area contributed by atoms with Gasteiger partial charge < -0.3 is 10.1 Å². The summed E-state index contributed by atoms with van der Waals surface area (Å²) in [6.45, 7) is 4.14. The first-order valence-electron chi connectivity index (χ1n) is 5.87. The highest BCUT2D eigenvalue weighted by Gasteiger charge is 2.20. The summed E-state index contributed by atoms with van der Waals surface area (Å²) in [5.74, 6) is 0.875. The summed E-state index contributed by atoms with van der Waals surface area (Å²) in [5, 5.41) is 2.73. The Morgan fingerprint density at radius 1 is 1.29 bits per heavy atom. The number of nitrogens with one attached hydrogen (secondary N) is 1. The van der Waals surface area contributed by atoms with E-state index in [1.54, 1.807) is 11.8 Å². The number of hydrogen-bond acceptors (Lipinski definition) is 4. The Hall–Kier alpha value is -0.710. The Morgan fingerprint density at radius 2 is 1.94 bits per heavy atom. The molecule has 0 aromatic carbocycles. The second kappa shape index (κ2) is 9.33. The van der Waals surface area contributed by atoms with Crippen LogP contribution in [0.2, 0.25) is 0 Å². The number of thioether (sulfide) groups is 1. The van der Waals surface area contributed by atoms with Crippen molar-refractivity contribution in [3.63, 3.8) is 0 Å². The van der Waals surface area contributed by atoms with Crippen molar-refractivity contribution in [3.8, 4) is 0 Å². The molecule has 1 atom stereocenters. The Labute approximate surface area is 108 Å². The fraction of sp³-hybridized carbons (Fsp3) is 0.833. The Bertz CT molecular complexity index is 244. The minimum atomic E-state index is -0.507. The molecule has 5 heteroatoms. The Kier molecular flexibility index (Phi) is 8.94. The molecule has 0 aromatic rings. The molecule has 0 fully saturated rings. The summed E-state index contributed by atoms with van der Waals surface area (Å²) in [7, 11) is 1.34. The molecule has 1 amide bonds. The number of hydrogen-bond donors (Lipinski definition) is 1. The van der Waals surface area contributed by atoms with E-state index in [1.807, 2.05) is 6.26 Å². The molecule has 0 aliphatic carbocycles. The first kappa shape index (κ1) is 16.3. The first-order chi connectivity index (χ1) is 8.01. The van der Waals surface area contributed by atoms with Crippen LogP contribution in [0.5, 0.6) is 0 Å². The largest absolute Gasteiger partial charge is 0.467 e. The SMILES string of the molecule is COC(=O)[C@H](CCSC)NC(=O)CCC(C)C. The van der Waals surface area contributed by atoms with E-state index in [0.29, 0.717) is 18.8 Å². The van der Waals surface area contributed by atoms with Crippen LogP contribution >= 0.6 is 11.8 Å². The number of ether oxygens (including phenoxy) is 1. The third-order valence-electron chi connectivity index (χ3n) is 2.38. The van der Waals surface area contributed by atoms with Crippen LogP contribution in [0.1, 0.15) is 33.1 Å². The zero-order valence-electron chi connectivity index (χ0n) is 11.1. The van der Waals surface area contributed by atoms with Crippen LogP contribution in [0.15, 0.2) is 0 Å². The van der Waals surface area contributed by atoms with Crippen molar-refractivity contribution in [1.82, 2.24) is 5.32 Å². The topological polar surface area (TPSA) is 55.4 Å². The summed E-state index contributed by atoms with van der Waals surface area (Å²) in [6, 6.07) is -0.507. The van der Waals surface area contributed by atoms with Gasteiger partial charge in [-0.15, -0.1) is 0 Å². The van der Waals surface area contributed by atoms with Crippen molar-refractivity contribution in [1.29, 1.82) is 0 Å². The lowest BCUT2D eigenvalue weighted by molar-refractivity contribution is -0.145. The Morgan fingerprint density at radius 3 is 2.41 bits per heavy atom. The van der Waals surface area contributed by atoms with E-state index in [0.717, 1.165) is 12.2 Å². The van der Waals surface area contributed by atoms with Gasteiger partial charge in [0.25, 0.3) is 0 Å². The van der Waals surface area contributed by atoms with Crippen molar-refractivity contribution < 1.29 is 14.3 Å². The maximum atomic E-state index is 11.6. The summed E-state index contributed by atoms with van der Waals surface area (Å²) in [5.41, 5.74) is 0. The van der Waals surface area contributed by atoms with Gasteiger partial charge in [-0.3, -0.25) is 4.79 Å². The smallest absolute Gasteiger partial charge is 0.328 e. The highest BCUT2D eigenvalue weighted by atomic mass is 32.2. The molecule has 0 radical (unpaired) electrons. The fourth-order valence-corrected chi connectivity index (χ4v) is 1.78. The van der Waals surface area contributed by atoms with Gasteiger partial charge in [-0.25, -0.2) is 4.79 Å². The molecule has 4 nitrogen and oxygen atoms in total. The average molecular weight is 261 g/mol. The second-order valence-corrected chi connectivity index (χ2v) is 5.34. The predicted octanol–water partition coefficient (Wildman–Crippen LogP) is 1.83. The van der Waals surface area contributed by atoms with Gasteiger partial charge in [0, 0.05) is 6.42 Å². The van der Waals surface area contributed by atoms with E-state index in [9.17, 15) is 9.59 Å². The van der Waals surface area contributed by atoms with Gasteiger partial charge in [-0.2, -0.15) is 11.8 Å². The maximum absolute atomic E-state index is 11.6. The van der Waals surface area contributed by atoms with Crippen LogP contribution in [-0.2, 0) is 14.3 Å². The summed E-state index contributed by atoms with van der Waals surface area (Å²) in [6.07, 6.45) is 3.88. The number of carbonyl (C=O) groups is 2. The number of amides is 1. The van der Waals surface area contributed by atoms with Crippen molar-refractivity contribution in [2.75, 3.05) is 19.1 Å². The van der Waals surface area contributed by atoms with Gasteiger partial charge in [0.05, 0.1) is 7.11 Å². The fourth-order valence-electron chi connectivity index (χ4n) is 1.31. The Balaban J connectivity index is 4.12. The molecule has 0 unspecified atom stereocenters. The normalized spacial score (nSPS) is 12.3. The van der Waals surface area contributed by atoms with E-state index in [-0.39, 0.29) is 11.9 Å². The molecule has 0 aliphatic heterocycles. The monoisotopic (exact) mass is 261 g/mol. The first-order valence-corrected chi connectivity index (χ1v) is 7.26. The molecule has 0 saturated carbocycles. The zero-order chi connectivity index (χ0) is 13.3. The van der Waals surface area contributed by atoms with Crippen LogP contribution in [0.4, 0.5) is 0 Å². The summed E-state index contributed by atoms with van der Waals surface area (Å²) >= 11 is 1.64. The molecule has 0 bridgehead atoms. The molecule has 0 saturated heterocycles. The highest BCUT2D eigenvalue weighted by molar-refractivity contribution is 7.98. The molecule has 17 heavy (non-hydrogen) atoms. The molecular formula is C12H23NO3S. The van der Waals surface area contributed by atoms with Crippen LogP contribution in [-0.4, -0.2) is 37.0 Å². The zero-order valence-corrected chi connectivity index (χ0v) is 11.9. The van der Waals surface area contributed by atoms with Gasteiger partial charge >= 0.3 is 5.97 Å². The molecule has 0 aromatic heterocycles. The lowest BCUT2D eigenvalue weighted by Crippen LogP contribution is -2.41. The molecule has 0 spiro atoms. The lowest BCUT2D eigenvalue weighted by Gasteiger charge is -2.16. The van der Waals surface area contributed by atoms with Crippen LogP contribution in [0.25, 0.3) is 0 Å². The molecule has 0 aliphatic rings. The molecule has 1 N–H and O–H groups in total. The van der Waals surface area contributed by atoms with Gasteiger partial charge in [0.15, 0.2) is 0 Å².